The highest BCUT2D eigenvalue weighted by Gasteiger charge is 2.39. The number of halogens is 4. The van der Waals surface area contributed by atoms with E-state index < -0.39 is 23.3 Å². The number of hydrogen-bond donors (Lipinski definition) is 1. The summed E-state index contributed by atoms with van der Waals surface area (Å²) in [5.41, 5.74) is 0.0943. The molecule has 3 aromatic rings. The van der Waals surface area contributed by atoms with Gasteiger partial charge in [-0.3, -0.25) is 9.48 Å². The van der Waals surface area contributed by atoms with Crippen molar-refractivity contribution in [1.82, 2.24) is 9.78 Å². The van der Waals surface area contributed by atoms with Gasteiger partial charge in [0.2, 0.25) is 0 Å². The Kier molecular flexibility index (Phi) is 4.73. The number of carbonyl (C=O) groups excluding carboxylic acids is 1. The molecule has 1 amide bonds. The summed E-state index contributed by atoms with van der Waals surface area (Å²) in [7, 11) is 1.31. The molecule has 0 fully saturated rings. The molecule has 0 radical (unpaired) electrons. The van der Waals surface area contributed by atoms with E-state index in [1.54, 1.807) is 43.3 Å². The van der Waals surface area contributed by atoms with Crippen LogP contribution in [0.15, 0.2) is 48.7 Å². The monoisotopic (exact) mass is 377 g/mol. The largest absolute Gasteiger partial charge is 0.435 e. The Bertz CT molecular complexity index is 1010. The van der Waals surface area contributed by atoms with E-state index in [1.807, 2.05) is 0 Å². The summed E-state index contributed by atoms with van der Waals surface area (Å²) in [5.74, 6) is -1.30. The van der Waals surface area contributed by atoms with Gasteiger partial charge in [0, 0.05) is 24.5 Å². The van der Waals surface area contributed by atoms with E-state index in [9.17, 15) is 22.4 Å². The lowest BCUT2D eigenvalue weighted by Crippen LogP contribution is -2.18. The maximum atomic E-state index is 13.5. The number of rotatable bonds is 3. The summed E-state index contributed by atoms with van der Waals surface area (Å²) in [6.07, 6.45) is -3.73. The van der Waals surface area contributed by atoms with Gasteiger partial charge in [-0.25, -0.2) is 4.39 Å². The summed E-state index contributed by atoms with van der Waals surface area (Å²) in [4.78, 5) is 12.5. The summed E-state index contributed by atoms with van der Waals surface area (Å²) >= 11 is 0. The second-order valence-corrected chi connectivity index (χ2v) is 6.03. The normalized spacial score (nSPS) is 11.5. The summed E-state index contributed by atoms with van der Waals surface area (Å²) in [6, 6.07) is 11.1. The van der Waals surface area contributed by atoms with Gasteiger partial charge < -0.3 is 5.32 Å². The topological polar surface area (TPSA) is 46.9 Å². The summed E-state index contributed by atoms with van der Waals surface area (Å²) < 4.78 is 53.7. The van der Waals surface area contributed by atoms with Crippen LogP contribution in [-0.4, -0.2) is 15.7 Å². The molecule has 4 nitrogen and oxygen atoms in total. The van der Waals surface area contributed by atoms with E-state index >= 15 is 0 Å². The Morgan fingerprint density at radius 3 is 2.52 bits per heavy atom. The van der Waals surface area contributed by atoms with E-state index in [1.165, 1.54) is 13.1 Å². The van der Waals surface area contributed by atoms with Crippen molar-refractivity contribution in [3.63, 3.8) is 0 Å². The number of carbonyl (C=O) groups is 1. The highest BCUT2D eigenvalue weighted by molar-refractivity contribution is 6.07. The molecule has 0 aliphatic carbocycles. The second-order valence-electron chi connectivity index (χ2n) is 6.03. The lowest BCUT2D eigenvalue weighted by Gasteiger charge is -2.12. The van der Waals surface area contributed by atoms with Crippen molar-refractivity contribution in [2.24, 2.45) is 7.05 Å². The van der Waals surface area contributed by atoms with Gasteiger partial charge >= 0.3 is 6.18 Å². The molecule has 0 saturated heterocycles. The lowest BCUT2D eigenvalue weighted by molar-refractivity contribution is -0.141. The SMILES string of the molecule is Cc1cc(-c2ccccc2NC(=O)c2cn(C)nc2C(F)(F)F)ccc1F. The van der Waals surface area contributed by atoms with Gasteiger partial charge in [-0.05, 0) is 36.2 Å². The number of nitrogens with one attached hydrogen (secondary N) is 1. The second kappa shape index (κ2) is 6.86. The first-order chi connectivity index (χ1) is 12.7. The third kappa shape index (κ3) is 3.84. The summed E-state index contributed by atoms with van der Waals surface area (Å²) in [6.45, 7) is 1.60. The molecule has 1 N–H and O–H groups in total. The van der Waals surface area contributed by atoms with Crippen molar-refractivity contribution in [3.05, 3.63) is 71.3 Å². The number of benzene rings is 2. The number of para-hydroxylation sites is 1. The summed E-state index contributed by atoms with van der Waals surface area (Å²) in [5, 5.41) is 5.83. The van der Waals surface area contributed by atoms with Crippen LogP contribution in [0.5, 0.6) is 0 Å². The number of aryl methyl sites for hydroxylation is 2. The number of aromatic nitrogens is 2. The Labute approximate surface area is 152 Å². The molecule has 27 heavy (non-hydrogen) atoms. The zero-order chi connectivity index (χ0) is 19.8. The van der Waals surface area contributed by atoms with E-state index in [2.05, 4.69) is 10.4 Å². The smallest absolute Gasteiger partial charge is 0.321 e. The van der Waals surface area contributed by atoms with Gasteiger partial charge in [0.15, 0.2) is 5.69 Å². The molecule has 1 heterocycles. The van der Waals surface area contributed by atoms with Crippen LogP contribution in [0.2, 0.25) is 0 Å². The molecule has 0 unspecified atom stereocenters. The maximum absolute atomic E-state index is 13.5. The van der Waals surface area contributed by atoms with Crippen LogP contribution in [0, 0.1) is 12.7 Å². The standard InChI is InChI=1S/C19H15F4N3O/c1-11-9-12(7-8-15(11)20)13-5-3-4-6-16(13)24-18(27)14-10-26(2)25-17(14)19(21,22)23/h3-10H,1-2H3,(H,24,27). The number of anilines is 1. The van der Waals surface area contributed by atoms with Gasteiger partial charge in [-0.1, -0.05) is 24.3 Å². The minimum absolute atomic E-state index is 0.311. The van der Waals surface area contributed by atoms with Crippen LogP contribution in [0.3, 0.4) is 0 Å². The van der Waals surface area contributed by atoms with E-state index in [-0.39, 0.29) is 5.82 Å². The molecule has 8 heteroatoms. The minimum atomic E-state index is -4.75. The molecule has 140 valence electrons. The number of alkyl halides is 3. The van der Waals surface area contributed by atoms with Crippen molar-refractivity contribution >= 4 is 11.6 Å². The molecule has 2 aromatic carbocycles. The fraction of sp³-hybridized carbons (Fsp3) is 0.158. The average Bonchev–Trinajstić information content (AvgIpc) is 3.00. The predicted molar refractivity (Wildman–Crippen MR) is 92.7 cm³/mol. The fourth-order valence-electron chi connectivity index (χ4n) is 2.71. The molecule has 0 spiro atoms. The highest BCUT2D eigenvalue weighted by atomic mass is 19.4. The molecule has 0 saturated carbocycles. The Morgan fingerprint density at radius 2 is 1.85 bits per heavy atom. The average molecular weight is 377 g/mol. The van der Waals surface area contributed by atoms with Crippen LogP contribution in [-0.2, 0) is 13.2 Å². The number of hydrogen-bond acceptors (Lipinski definition) is 2. The van der Waals surface area contributed by atoms with Gasteiger partial charge in [0.1, 0.15) is 5.82 Å². The van der Waals surface area contributed by atoms with Crippen molar-refractivity contribution in [2.75, 3.05) is 5.32 Å². The lowest BCUT2D eigenvalue weighted by atomic mass is 10.0. The van der Waals surface area contributed by atoms with Crippen LogP contribution < -0.4 is 5.32 Å². The molecule has 1 aromatic heterocycles. The molecular weight excluding hydrogens is 362 g/mol. The fourth-order valence-corrected chi connectivity index (χ4v) is 2.71. The Balaban J connectivity index is 1.98. The Hall–Kier alpha value is -3.16. The molecular formula is C19H15F4N3O. The van der Waals surface area contributed by atoms with Crippen LogP contribution >= 0.6 is 0 Å². The predicted octanol–water partition coefficient (Wildman–Crippen LogP) is 4.81. The first-order valence-electron chi connectivity index (χ1n) is 7.94. The van der Waals surface area contributed by atoms with Crippen LogP contribution in [0.25, 0.3) is 11.1 Å². The molecule has 3 rings (SSSR count). The van der Waals surface area contributed by atoms with Crippen molar-refractivity contribution in [3.8, 4) is 11.1 Å². The van der Waals surface area contributed by atoms with Crippen molar-refractivity contribution < 1.29 is 22.4 Å². The molecule has 0 bridgehead atoms. The Morgan fingerprint density at radius 1 is 1.15 bits per heavy atom. The quantitative estimate of drug-likeness (QED) is 0.666. The van der Waals surface area contributed by atoms with Gasteiger partial charge in [-0.2, -0.15) is 18.3 Å². The third-order valence-electron chi connectivity index (χ3n) is 3.99. The molecule has 0 atom stereocenters. The molecule has 0 aliphatic rings. The number of nitrogens with zero attached hydrogens (tertiary/aromatic N) is 2. The van der Waals surface area contributed by atoms with E-state index in [0.29, 0.717) is 22.4 Å². The van der Waals surface area contributed by atoms with Gasteiger partial charge in [-0.15, -0.1) is 0 Å². The van der Waals surface area contributed by atoms with E-state index in [4.69, 9.17) is 0 Å². The van der Waals surface area contributed by atoms with Crippen molar-refractivity contribution in [1.29, 1.82) is 0 Å². The molecule has 0 aliphatic heterocycles. The van der Waals surface area contributed by atoms with E-state index in [0.717, 1.165) is 10.9 Å². The first kappa shape index (κ1) is 18.6. The maximum Gasteiger partial charge on any atom is 0.435 e. The van der Waals surface area contributed by atoms with Crippen molar-refractivity contribution in [2.45, 2.75) is 13.1 Å². The van der Waals surface area contributed by atoms with Gasteiger partial charge in [0.25, 0.3) is 5.91 Å². The first-order valence-corrected chi connectivity index (χ1v) is 7.94. The van der Waals surface area contributed by atoms with Crippen LogP contribution in [0.4, 0.5) is 23.2 Å². The highest BCUT2D eigenvalue weighted by Crippen LogP contribution is 2.33. The third-order valence-corrected chi connectivity index (χ3v) is 3.99. The minimum Gasteiger partial charge on any atom is -0.321 e. The van der Waals surface area contributed by atoms with Gasteiger partial charge in [0.05, 0.1) is 5.56 Å². The van der Waals surface area contributed by atoms with Crippen LogP contribution in [0.1, 0.15) is 21.6 Å². The zero-order valence-corrected chi connectivity index (χ0v) is 14.4. The zero-order valence-electron chi connectivity index (χ0n) is 14.4. The number of amides is 1.